The average Bonchev–Trinajstić information content (AvgIpc) is 2.34. The molecule has 0 N–H and O–H groups in total. The highest BCUT2D eigenvalue weighted by Crippen LogP contribution is 2.12. The standard InChI is InChI=1S/C8H11NO5/c1-5(2)13-8(12)14-9-6(10)3-4-7(9)11/h5H,3-4H2,1-2H3. The molecule has 0 atom stereocenters. The Kier molecular flexibility index (Phi) is 3.06. The minimum atomic E-state index is -1.04. The average molecular weight is 201 g/mol. The number of rotatable bonds is 2. The van der Waals surface area contributed by atoms with Crippen molar-refractivity contribution in [1.29, 1.82) is 0 Å². The van der Waals surface area contributed by atoms with Crippen LogP contribution in [0, 0.1) is 0 Å². The van der Waals surface area contributed by atoms with Crippen LogP contribution >= 0.6 is 0 Å². The lowest BCUT2D eigenvalue weighted by Crippen LogP contribution is -2.33. The van der Waals surface area contributed by atoms with Gasteiger partial charge in [0.15, 0.2) is 0 Å². The number of amides is 2. The van der Waals surface area contributed by atoms with Crippen molar-refractivity contribution in [2.75, 3.05) is 0 Å². The third kappa shape index (κ3) is 2.45. The quantitative estimate of drug-likeness (QED) is 0.483. The van der Waals surface area contributed by atoms with E-state index in [2.05, 4.69) is 9.57 Å². The molecule has 1 saturated heterocycles. The van der Waals surface area contributed by atoms with Crippen LogP contribution in [0.5, 0.6) is 0 Å². The molecule has 2 amide bonds. The third-order valence-corrected chi connectivity index (χ3v) is 1.50. The zero-order valence-corrected chi connectivity index (χ0v) is 7.98. The summed E-state index contributed by atoms with van der Waals surface area (Å²) in [5.74, 6) is -1.04. The van der Waals surface area contributed by atoms with Crippen LogP contribution in [-0.4, -0.2) is 29.1 Å². The molecule has 0 bridgehead atoms. The van der Waals surface area contributed by atoms with Crippen molar-refractivity contribution in [2.24, 2.45) is 0 Å². The fourth-order valence-corrected chi connectivity index (χ4v) is 0.946. The lowest BCUT2D eigenvalue weighted by Gasteiger charge is -2.13. The summed E-state index contributed by atoms with van der Waals surface area (Å²) in [4.78, 5) is 37.3. The van der Waals surface area contributed by atoms with Crippen LogP contribution in [0.25, 0.3) is 0 Å². The Morgan fingerprint density at radius 1 is 1.29 bits per heavy atom. The molecule has 6 nitrogen and oxygen atoms in total. The minimum absolute atomic E-state index is 0.0772. The Labute approximate surface area is 80.7 Å². The van der Waals surface area contributed by atoms with Crippen molar-refractivity contribution in [1.82, 2.24) is 5.06 Å². The molecule has 0 aromatic heterocycles. The summed E-state index contributed by atoms with van der Waals surface area (Å²) in [7, 11) is 0. The van der Waals surface area contributed by atoms with E-state index in [-0.39, 0.29) is 18.9 Å². The van der Waals surface area contributed by atoms with Crippen LogP contribution in [0.1, 0.15) is 26.7 Å². The summed E-state index contributed by atoms with van der Waals surface area (Å²) < 4.78 is 4.60. The molecule has 0 radical (unpaired) electrons. The van der Waals surface area contributed by atoms with E-state index >= 15 is 0 Å². The first-order valence-corrected chi connectivity index (χ1v) is 4.25. The Hall–Kier alpha value is -1.59. The maximum Gasteiger partial charge on any atom is 0.534 e. The number of ether oxygens (including phenoxy) is 1. The number of hydrogen-bond acceptors (Lipinski definition) is 5. The first-order valence-electron chi connectivity index (χ1n) is 4.25. The maximum atomic E-state index is 11.0. The summed E-state index contributed by atoms with van der Waals surface area (Å²) in [6, 6.07) is 0. The molecule has 0 saturated carbocycles. The van der Waals surface area contributed by atoms with E-state index in [4.69, 9.17) is 0 Å². The topological polar surface area (TPSA) is 72.9 Å². The lowest BCUT2D eigenvalue weighted by atomic mass is 10.4. The van der Waals surface area contributed by atoms with Crippen molar-refractivity contribution < 1.29 is 24.0 Å². The number of nitrogens with zero attached hydrogens (tertiary/aromatic N) is 1. The SMILES string of the molecule is CC(C)OC(=O)ON1C(=O)CCC1=O. The fraction of sp³-hybridized carbons (Fsp3) is 0.625. The predicted octanol–water partition coefficient (Wildman–Crippen LogP) is 0.612. The van der Waals surface area contributed by atoms with Gasteiger partial charge in [0.05, 0.1) is 6.10 Å². The molecule has 14 heavy (non-hydrogen) atoms. The highest BCUT2D eigenvalue weighted by atomic mass is 16.8. The van der Waals surface area contributed by atoms with E-state index in [1.54, 1.807) is 13.8 Å². The first-order chi connectivity index (χ1) is 6.50. The van der Waals surface area contributed by atoms with Crippen LogP contribution in [0.15, 0.2) is 0 Å². The second-order valence-corrected chi connectivity index (χ2v) is 3.09. The van der Waals surface area contributed by atoms with Crippen LogP contribution in [0.2, 0.25) is 0 Å². The van der Waals surface area contributed by atoms with Crippen LogP contribution < -0.4 is 0 Å². The number of carbonyl (C=O) groups is 3. The number of hydrogen-bond donors (Lipinski definition) is 0. The molecule has 78 valence electrons. The molecule has 1 rings (SSSR count). The zero-order valence-electron chi connectivity index (χ0n) is 7.98. The van der Waals surface area contributed by atoms with E-state index in [0.29, 0.717) is 5.06 Å². The Morgan fingerprint density at radius 3 is 2.21 bits per heavy atom. The van der Waals surface area contributed by atoms with E-state index in [1.165, 1.54) is 0 Å². The number of imide groups is 1. The Bertz CT molecular complexity index is 257. The van der Waals surface area contributed by atoms with Crippen molar-refractivity contribution in [2.45, 2.75) is 32.8 Å². The molecule has 1 fully saturated rings. The molecule has 0 aromatic rings. The van der Waals surface area contributed by atoms with Gasteiger partial charge in [-0.05, 0) is 13.8 Å². The van der Waals surface area contributed by atoms with Crippen LogP contribution in [-0.2, 0) is 19.2 Å². The first kappa shape index (κ1) is 10.5. The molecular weight excluding hydrogens is 190 g/mol. The Balaban J connectivity index is 2.47. The summed E-state index contributed by atoms with van der Waals surface area (Å²) >= 11 is 0. The molecule has 0 spiro atoms. The summed E-state index contributed by atoms with van der Waals surface area (Å²) in [5, 5.41) is 0.449. The van der Waals surface area contributed by atoms with Gasteiger partial charge in [-0.1, -0.05) is 5.06 Å². The number of carbonyl (C=O) groups excluding carboxylic acids is 3. The van der Waals surface area contributed by atoms with Gasteiger partial charge in [0.25, 0.3) is 11.8 Å². The monoisotopic (exact) mass is 201 g/mol. The highest BCUT2D eigenvalue weighted by Gasteiger charge is 2.33. The zero-order chi connectivity index (χ0) is 10.7. The third-order valence-electron chi connectivity index (χ3n) is 1.50. The Morgan fingerprint density at radius 2 is 1.79 bits per heavy atom. The molecule has 1 aliphatic rings. The summed E-state index contributed by atoms with van der Waals surface area (Å²) in [6.07, 6.45) is -1.24. The molecule has 0 aromatic carbocycles. The van der Waals surface area contributed by atoms with Gasteiger partial charge in [-0.2, -0.15) is 0 Å². The van der Waals surface area contributed by atoms with Gasteiger partial charge in [-0.3, -0.25) is 14.4 Å². The second kappa shape index (κ2) is 4.08. The fourth-order valence-electron chi connectivity index (χ4n) is 0.946. The van der Waals surface area contributed by atoms with Gasteiger partial charge in [-0.15, -0.1) is 0 Å². The van der Waals surface area contributed by atoms with E-state index in [0.717, 1.165) is 0 Å². The molecule has 0 aliphatic carbocycles. The second-order valence-electron chi connectivity index (χ2n) is 3.09. The number of hydroxylamine groups is 2. The molecule has 0 unspecified atom stereocenters. The van der Waals surface area contributed by atoms with Crippen molar-refractivity contribution in [3.05, 3.63) is 0 Å². The van der Waals surface area contributed by atoms with Gasteiger partial charge in [-0.25, -0.2) is 4.79 Å². The highest BCUT2D eigenvalue weighted by molar-refractivity contribution is 6.01. The van der Waals surface area contributed by atoms with Crippen molar-refractivity contribution in [3.63, 3.8) is 0 Å². The van der Waals surface area contributed by atoms with Crippen molar-refractivity contribution >= 4 is 18.0 Å². The summed E-state index contributed by atoms with van der Waals surface area (Å²) in [5.41, 5.74) is 0. The van der Waals surface area contributed by atoms with Gasteiger partial charge in [0.2, 0.25) is 0 Å². The van der Waals surface area contributed by atoms with Gasteiger partial charge in [0.1, 0.15) is 0 Å². The van der Waals surface area contributed by atoms with E-state index in [9.17, 15) is 14.4 Å². The van der Waals surface area contributed by atoms with Gasteiger partial charge < -0.3 is 4.74 Å². The predicted molar refractivity (Wildman–Crippen MR) is 43.8 cm³/mol. The molecular formula is C8H11NO5. The van der Waals surface area contributed by atoms with Gasteiger partial charge in [0, 0.05) is 12.8 Å². The maximum absolute atomic E-state index is 11.0. The summed E-state index contributed by atoms with van der Waals surface area (Å²) in [6.45, 7) is 3.27. The largest absolute Gasteiger partial charge is 0.534 e. The minimum Gasteiger partial charge on any atom is -0.430 e. The normalized spacial score (nSPS) is 16.4. The van der Waals surface area contributed by atoms with Crippen LogP contribution in [0.4, 0.5) is 4.79 Å². The van der Waals surface area contributed by atoms with Crippen molar-refractivity contribution in [3.8, 4) is 0 Å². The van der Waals surface area contributed by atoms with Gasteiger partial charge >= 0.3 is 6.16 Å². The van der Waals surface area contributed by atoms with Crippen LogP contribution in [0.3, 0.4) is 0 Å². The van der Waals surface area contributed by atoms with E-state index < -0.39 is 18.0 Å². The molecule has 6 heteroatoms. The molecule has 1 heterocycles. The molecule has 1 aliphatic heterocycles. The van der Waals surface area contributed by atoms with E-state index in [1.807, 2.05) is 0 Å². The smallest absolute Gasteiger partial charge is 0.430 e. The lowest BCUT2D eigenvalue weighted by molar-refractivity contribution is -0.178.